The van der Waals surface area contributed by atoms with Crippen molar-refractivity contribution in [3.05, 3.63) is 127 Å². The quantitative estimate of drug-likeness (QED) is 0.0332. The number of rotatable bonds is 18. The van der Waals surface area contributed by atoms with E-state index in [1.54, 1.807) is 66.7 Å². The van der Waals surface area contributed by atoms with Gasteiger partial charge in [-0.15, -0.1) is 0 Å². The van der Waals surface area contributed by atoms with Crippen molar-refractivity contribution < 1.29 is 56.1 Å². The van der Waals surface area contributed by atoms with Gasteiger partial charge in [0.05, 0.1) is 13.2 Å². The van der Waals surface area contributed by atoms with Gasteiger partial charge in [0.15, 0.2) is 6.10 Å². The Morgan fingerprint density at radius 1 is 0.695 bits per heavy atom. The lowest BCUT2D eigenvalue weighted by molar-refractivity contribution is -0.188. The van der Waals surface area contributed by atoms with E-state index in [0.717, 1.165) is 17.3 Å². The van der Waals surface area contributed by atoms with Crippen LogP contribution in [0.25, 0.3) is 0 Å². The molecule has 0 unspecified atom stereocenters. The zero-order valence-electron chi connectivity index (χ0n) is 30.5. The monoisotopic (exact) mass is 971 g/mol. The molecule has 1 fully saturated rings. The second-order valence-corrected chi connectivity index (χ2v) is 19.9. The van der Waals surface area contributed by atoms with E-state index in [0.29, 0.717) is 4.90 Å². The van der Waals surface area contributed by atoms with E-state index in [1.165, 1.54) is 24.3 Å². The maximum absolute atomic E-state index is 14.9. The minimum atomic E-state index is -4.82. The molecule has 318 valence electrons. The average molecular weight is 974 g/mol. The summed E-state index contributed by atoms with van der Waals surface area (Å²) >= 11 is 36.3. The van der Waals surface area contributed by atoms with Gasteiger partial charge in [-0.3, -0.25) is 4.52 Å². The number of benzene rings is 4. The molecule has 13 nitrogen and oxygen atoms in total. The van der Waals surface area contributed by atoms with E-state index in [1.807, 2.05) is 30.3 Å². The standard InChI is InChI=1S/C38H36Cl6NO12PS/c39-37(40,41)23-51-35(46)45-31-33(54-36(47)52-24-38(42,43)44)32(57-58(48,55-27-15-7-2-8-16-27)56-28-17-9-3-10-18-28)30(53-34(31)59-29-19-11-4-12-20-29)22-50-25-49-21-26-13-5-1-6-14-26/h1-20,30-34H,21-25H2,(H,45,46)/t30-,31-,32-,33-,34+/m1/s1. The molecule has 59 heavy (non-hydrogen) atoms. The Morgan fingerprint density at radius 3 is 1.78 bits per heavy atom. The van der Waals surface area contributed by atoms with Crippen LogP contribution in [0.5, 0.6) is 11.5 Å². The smallest absolute Gasteiger partial charge is 0.445 e. The van der Waals surface area contributed by atoms with Crippen molar-refractivity contribution in [2.24, 2.45) is 0 Å². The molecule has 1 aliphatic rings. The van der Waals surface area contributed by atoms with Crippen LogP contribution >= 0.6 is 89.2 Å². The maximum atomic E-state index is 14.9. The number of thioether (sulfide) groups is 1. The van der Waals surface area contributed by atoms with Gasteiger partial charge in [-0.25, -0.2) is 14.2 Å². The number of nitrogens with one attached hydrogen (secondary N) is 1. The second-order valence-electron chi connectivity index (χ2n) is 12.2. The van der Waals surface area contributed by atoms with E-state index in [2.05, 4.69) is 5.32 Å². The molecule has 0 aromatic heterocycles. The molecule has 5 atom stereocenters. The van der Waals surface area contributed by atoms with E-state index in [4.69, 9.17) is 112 Å². The number of para-hydroxylation sites is 2. The van der Waals surface area contributed by atoms with Gasteiger partial charge in [0.25, 0.3) is 0 Å². The van der Waals surface area contributed by atoms with Crippen LogP contribution in [-0.2, 0) is 44.1 Å². The summed E-state index contributed by atoms with van der Waals surface area (Å²) in [4.78, 5) is 27.5. The van der Waals surface area contributed by atoms with Crippen LogP contribution < -0.4 is 14.4 Å². The molecule has 1 amide bonds. The summed E-state index contributed by atoms with van der Waals surface area (Å²) in [6.45, 7) is -1.76. The minimum absolute atomic E-state index is 0.0904. The third-order valence-electron chi connectivity index (χ3n) is 7.61. The van der Waals surface area contributed by atoms with E-state index >= 15 is 0 Å². The molecule has 1 saturated heterocycles. The highest BCUT2D eigenvalue weighted by Gasteiger charge is 2.54. The third-order valence-corrected chi connectivity index (χ3v) is 10.8. The number of carbonyl (C=O) groups is 2. The molecule has 21 heteroatoms. The number of amides is 1. The van der Waals surface area contributed by atoms with Crippen LogP contribution in [0.1, 0.15) is 5.56 Å². The lowest BCUT2D eigenvalue weighted by atomic mass is 9.98. The zero-order chi connectivity index (χ0) is 42.3. The molecule has 0 saturated carbocycles. The molecule has 1 aliphatic heterocycles. The SMILES string of the molecule is O=C(N[C@@H]1[C@@H](OC(=O)OCC(Cl)(Cl)Cl)[C@H](OP(=O)(Oc2ccccc2)Oc2ccccc2)[C@@H](COCOCc2ccccc2)O[C@H]1Sc1ccccc1)OCC(Cl)(Cl)Cl. The fourth-order valence-electron chi connectivity index (χ4n) is 5.19. The highest BCUT2D eigenvalue weighted by Crippen LogP contribution is 2.53. The van der Waals surface area contributed by atoms with Crippen molar-refractivity contribution in [3.8, 4) is 11.5 Å². The molecule has 0 spiro atoms. The van der Waals surface area contributed by atoms with Crippen LogP contribution in [0.3, 0.4) is 0 Å². The predicted molar refractivity (Wildman–Crippen MR) is 225 cm³/mol. The summed E-state index contributed by atoms with van der Waals surface area (Å²) in [6, 6.07) is 32.9. The number of alkyl halides is 6. The first-order valence-electron chi connectivity index (χ1n) is 17.4. The van der Waals surface area contributed by atoms with Crippen molar-refractivity contribution in [2.45, 2.75) is 48.9 Å². The Morgan fingerprint density at radius 2 is 1.22 bits per heavy atom. The Hall–Kier alpha value is -2.82. The lowest BCUT2D eigenvalue weighted by Crippen LogP contribution is -2.65. The van der Waals surface area contributed by atoms with Gasteiger partial charge in [-0.2, -0.15) is 0 Å². The molecule has 4 aromatic rings. The Bertz CT molecular complexity index is 1890. The number of alkyl carbamates (subject to hydrolysis) is 1. The number of phosphoric acid groups is 1. The molecular weight excluding hydrogens is 938 g/mol. The number of phosphoric ester groups is 1. The Labute approximate surface area is 374 Å². The van der Waals surface area contributed by atoms with Crippen LogP contribution in [0.2, 0.25) is 0 Å². The number of ether oxygens (including phenoxy) is 6. The fraction of sp³-hybridized carbons (Fsp3) is 0.316. The molecule has 0 radical (unpaired) electrons. The summed E-state index contributed by atoms with van der Waals surface area (Å²) in [5.74, 6) is 0.181. The van der Waals surface area contributed by atoms with Crippen molar-refractivity contribution in [1.29, 1.82) is 0 Å². The molecule has 5 rings (SSSR count). The number of hydrogen-bond acceptors (Lipinski definition) is 13. The van der Waals surface area contributed by atoms with Crippen molar-refractivity contribution in [2.75, 3.05) is 26.6 Å². The van der Waals surface area contributed by atoms with Gasteiger partial charge in [-0.05, 0) is 42.0 Å². The Kier molecular flexibility index (Phi) is 18.3. The van der Waals surface area contributed by atoms with E-state index in [-0.39, 0.29) is 31.5 Å². The van der Waals surface area contributed by atoms with Gasteiger partial charge in [0.2, 0.25) is 7.59 Å². The Balaban J connectivity index is 1.55. The van der Waals surface area contributed by atoms with Gasteiger partial charge in [-0.1, -0.05) is 166 Å². The second kappa shape index (κ2) is 22.9. The summed E-state index contributed by atoms with van der Waals surface area (Å²) < 4.78 is 63.5. The van der Waals surface area contributed by atoms with Crippen LogP contribution in [-0.4, -0.2) is 76.2 Å². The molecular formula is C38H36Cl6NO12PS. The highest BCUT2D eigenvalue weighted by molar-refractivity contribution is 7.99. The van der Waals surface area contributed by atoms with E-state index < -0.39 is 70.7 Å². The normalized spacial score (nSPS) is 19.6. The van der Waals surface area contributed by atoms with Crippen LogP contribution in [0.15, 0.2) is 126 Å². The highest BCUT2D eigenvalue weighted by atomic mass is 35.6. The molecule has 1 N–H and O–H groups in total. The molecule has 1 heterocycles. The number of carbonyl (C=O) groups excluding carboxylic acids is 2. The van der Waals surface area contributed by atoms with Gasteiger partial charge in [0.1, 0.15) is 55.2 Å². The summed E-state index contributed by atoms with van der Waals surface area (Å²) in [5.41, 5.74) is -0.244. The molecule has 0 aliphatic carbocycles. The summed E-state index contributed by atoms with van der Waals surface area (Å²) in [7, 11) is -4.82. The number of hydrogen-bond donors (Lipinski definition) is 1. The average Bonchev–Trinajstić information content (AvgIpc) is 3.19. The molecule has 0 bridgehead atoms. The van der Waals surface area contributed by atoms with Gasteiger partial charge >= 0.3 is 20.1 Å². The largest absolute Gasteiger partial charge is 0.588 e. The van der Waals surface area contributed by atoms with Gasteiger partial charge in [0, 0.05) is 4.90 Å². The first-order valence-corrected chi connectivity index (χ1v) is 22.0. The van der Waals surface area contributed by atoms with Gasteiger partial charge < -0.3 is 42.8 Å². The topological polar surface area (TPSA) is 146 Å². The molecule has 4 aromatic carbocycles. The first-order chi connectivity index (χ1) is 28.1. The fourth-order valence-corrected chi connectivity index (χ4v) is 8.11. The summed E-state index contributed by atoms with van der Waals surface area (Å²) in [6.07, 6.45) is -7.12. The van der Waals surface area contributed by atoms with Crippen molar-refractivity contribution in [3.63, 3.8) is 0 Å². The van der Waals surface area contributed by atoms with E-state index in [9.17, 15) is 14.2 Å². The first kappa shape index (κ1) is 47.2. The predicted octanol–water partition coefficient (Wildman–Crippen LogP) is 10.7. The number of halogens is 6. The summed E-state index contributed by atoms with van der Waals surface area (Å²) in [5, 5.41) is 2.61. The third kappa shape index (κ3) is 16.9. The van der Waals surface area contributed by atoms with Crippen LogP contribution in [0, 0.1) is 0 Å². The van der Waals surface area contributed by atoms with Crippen molar-refractivity contribution >= 4 is 101 Å². The lowest BCUT2D eigenvalue weighted by Gasteiger charge is -2.45. The maximum Gasteiger partial charge on any atom is 0.588 e. The van der Waals surface area contributed by atoms with Crippen molar-refractivity contribution in [1.82, 2.24) is 5.32 Å². The zero-order valence-corrected chi connectivity index (χ0v) is 36.7. The minimum Gasteiger partial charge on any atom is -0.445 e. The van der Waals surface area contributed by atoms with Crippen LogP contribution in [0.4, 0.5) is 9.59 Å².